The lowest BCUT2D eigenvalue weighted by Crippen LogP contribution is -2.37. The largest absolute Gasteiger partial charge is 0.325 e. The van der Waals surface area contributed by atoms with Crippen molar-refractivity contribution in [1.29, 1.82) is 0 Å². The third kappa shape index (κ3) is 2.79. The molecule has 2 aromatic rings. The van der Waals surface area contributed by atoms with Crippen molar-refractivity contribution in [1.82, 2.24) is 0 Å². The zero-order valence-electron chi connectivity index (χ0n) is 12.0. The summed E-state index contributed by atoms with van der Waals surface area (Å²) in [5.41, 5.74) is 1.68. The third-order valence-electron chi connectivity index (χ3n) is 4.30. The van der Waals surface area contributed by atoms with Crippen LogP contribution in [0.15, 0.2) is 40.2 Å². The third-order valence-corrected chi connectivity index (χ3v) is 6.26. The quantitative estimate of drug-likeness (QED) is 0.790. The second-order valence-electron chi connectivity index (χ2n) is 5.68. The van der Waals surface area contributed by atoms with Gasteiger partial charge in [0.05, 0.1) is 5.41 Å². The van der Waals surface area contributed by atoms with Crippen LogP contribution in [0, 0.1) is 6.92 Å². The SMILES string of the molecule is Cc1cc(NC(=O)C2(c3cccs3)CCCC2)ccc1Br. The molecule has 1 N–H and O–H groups in total. The van der Waals surface area contributed by atoms with E-state index in [1.807, 2.05) is 31.2 Å². The van der Waals surface area contributed by atoms with E-state index in [9.17, 15) is 4.79 Å². The molecule has 1 aliphatic rings. The molecule has 1 heterocycles. The lowest BCUT2D eigenvalue weighted by Gasteiger charge is -2.26. The number of aryl methyl sites for hydroxylation is 1. The molecule has 21 heavy (non-hydrogen) atoms. The van der Waals surface area contributed by atoms with Crippen LogP contribution in [-0.4, -0.2) is 5.91 Å². The fourth-order valence-corrected chi connectivity index (χ4v) is 4.32. The Morgan fingerprint density at radius 2 is 2.05 bits per heavy atom. The number of rotatable bonds is 3. The summed E-state index contributed by atoms with van der Waals surface area (Å²) in [6, 6.07) is 10.1. The van der Waals surface area contributed by atoms with Gasteiger partial charge in [-0.3, -0.25) is 4.79 Å². The number of benzene rings is 1. The Balaban J connectivity index is 1.87. The molecular weight excluding hydrogens is 346 g/mol. The Morgan fingerprint density at radius 3 is 2.67 bits per heavy atom. The number of thiophene rings is 1. The topological polar surface area (TPSA) is 29.1 Å². The van der Waals surface area contributed by atoms with E-state index in [1.165, 1.54) is 4.88 Å². The minimum atomic E-state index is -0.324. The number of amides is 1. The summed E-state index contributed by atoms with van der Waals surface area (Å²) >= 11 is 5.19. The van der Waals surface area contributed by atoms with Crippen LogP contribution in [0.4, 0.5) is 5.69 Å². The molecular formula is C17H18BrNOS. The molecule has 1 fully saturated rings. The number of carbonyl (C=O) groups excluding carboxylic acids is 1. The molecule has 4 heteroatoms. The average Bonchev–Trinajstić information content (AvgIpc) is 3.13. The molecule has 0 bridgehead atoms. The predicted molar refractivity (Wildman–Crippen MR) is 92.0 cm³/mol. The Morgan fingerprint density at radius 1 is 1.29 bits per heavy atom. The zero-order valence-corrected chi connectivity index (χ0v) is 14.4. The van der Waals surface area contributed by atoms with Crippen molar-refractivity contribution in [3.63, 3.8) is 0 Å². The van der Waals surface area contributed by atoms with Gasteiger partial charge in [-0.15, -0.1) is 11.3 Å². The van der Waals surface area contributed by atoms with Crippen LogP contribution >= 0.6 is 27.3 Å². The van der Waals surface area contributed by atoms with Gasteiger partial charge < -0.3 is 5.32 Å². The number of carbonyl (C=O) groups is 1. The fourth-order valence-electron chi connectivity index (χ4n) is 3.09. The molecule has 0 unspecified atom stereocenters. The summed E-state index contributed by atoms with van der Waals surface area (Å²) in [5.74, 6) is 0.143. The molecule has 1 saturated carbocycles. The van der Waals surface area contributed by atoms with Gasteiger partial charge in [0.25, 0.3) is 0 Å². The standard InChI is InChI=1S/C17H18BrNOS/c1-12-11-13(6-7-14(12)18)19-16(20)17(8-2-3-9-17)15-5-4-10-21-15/h4-7,10-11H,2-3,8-9H2,1H3,(H,19,20). The Labute approximate surface area is 137 Å². The highest BCUT2D eigenvalue weighted by Gasteiger charge is 2.43. The maximum absolute atomic E-state index is 12.9. The van der Waals surface area contributed by atoms with Crippen LogP contribution in [0.2, 0.25) is 0 Å². The van der Waals surface area contributed by atoms with Gasteiger partial charge in [0.2, 0.25) is 5.91 Å². The molecule has 0 radical (unpaired) electrons. The molecule has 110 valence electrons. The summed E-state index contributed by atoms with van der Waals surface area (Å²) < 4.78 is 1.06. The molecule has 1 aliphatic carbocycles. The van der Waals surface area contributed by atoms with Gasteiger partial charge in [-0.2, -0.15) is 0 Å². The molecule has 1 amide bonds. The van der Waals surface area contributed by atoms with E-state index < -0.39 is 0 Å². The molecule has 2 nitrogen and oxygen atoms in total. The molecule has 0 aliphatic heterocycles. The van der Waals surface area contributed by atoms with Crippen molar-refractivity contribution < 1.29 is 4.79 Å². The number of halogens is 1. The average molecular weight is 364 g/mol. The van der Waals surface area contributed by atoms with E-state index in [2.05, 4.69) is 32.7 Å². The molecule has 0 saturated heterocycles. The van der Waals surface area contributed by atoms with Crippen molar-refractivity contribution in [2.75, 3.05) is 5.32 Å². The van der Waals surface area contributed by atoms with E-state index in [4.69, 9.17) is 0 Å². The monoisotopic (exact) mass is 363 g/mol. The maximum atomic E-state index is 12.9. The highest BCUT2D eigenvalue weighted by Crippen LogP contribution is 2.44. The summed E-state index contributed by atoms with van der Waals surface area (Å²) in [5, 5.41) is 5.19. The number of hydrogen-bond acceptors (Lipinski definition) is 2. The van der Waals surface area contributed by atoms with Crippen LogP contribution in [0.5, 0.6) is 0 Å². The molecule has 0 spiro atoms. The van der Waals surface area contributed by atoms with Gasteiger partial charge in [0.15, 0.2) is 0 Å². The summed E-state index contributed by atoms with van der Waals surface area (Å²) in [6.45, 7) is 2.03. The minimum Gasteiger partial charge on any atom is -0.325 e. The van der Waals surface area contributed by atoms with Crippen molar-refractivity contribution in [2.24, 2.45) is 0 Å². The maximum Gasteiger partial charge on any atom is 0.235 e. The Kier molecular flexibility index (Phi) is 4.18. The van der Waals surface area contributed by atoms with Gasteiger partial charge in [-0.1, -0.05) is 34.8 Å². The number of anilines is 1. The summed E-state index contributed by atoms with van der Waals surface area (Å²) in [7, 11) is 0. The molecule has 3 rings (SSSR count). The normalized spacial score (nSPS) is 16.9. The second-order valence-corrected chi connectivity index (χ2v) is 7.49. The zero-order chi connectivity index (χ0) is 14.9. The van der Waals surface area contributed by atoms with Gasteiger partial charge in [0, 0.05) is 15.0 Å². The first-order valence-corrected chi connectivity index (χ1v) is 8.91. The summed E-state index contributed by atoms with van der Waals surface area (Å²) in [4.78, 5) is 14.1. The number of nitrogens with one attached hydrogen (secondary N) is 1. The van der Waals surface area contributed by atoms with E-state index in [-0.39, 0.29) is 11.3 Å². The van der Waals surface area contributed by atoms with Gasteiger partial charge in [-0.05, 0) is 55.0 Å². The first-order valence-electron chi connectivity index (χ1n) is 7.23. The van der Waals surface area contributed by atoms with Gasteiger partial charge in [-0.25, -0.2) is 0 Å². The molecule has 0 atom stereocenters. The molecule has 1 aromatic heterocycles. The van der Waals surface area contributed by atoms with Crippen molar-refractivity contribution in [2.45, 2.75) is 38.0 Å². The van der Waals surface area contributed by atoms with Crippen molar-refractivity contribution >= 4 is 38.9 Å². The van der Waals surface area contributed by atoms with Gasteiger partial charge in [0.1, 0.15) is 0 Å². The smallest absolute Gasteiger partial charge is 0.235 e. The van der Waals surface area contributed by atoms with Crippen LogP contribution in [0.25, 0.3) is 0 Å². The van der Waals surface area contributed by atoms with Crippen molar-refractivity contribution in [3.05, 3.63) is 50.6 Å². The van der Waals surface area contributed by atoms with E-state index in [1.54, 1.807) is 11.3 Å². The van der Waals surface area contributed by atoms with E-state index in [0.717, 1.165) is 41.4 Å². The van der Waals surface area contributed by atoms with E-state index in [0.29, 0.717) is 0 Å². The highest BCUT2D eigenvalue weighted by atomic mass is 79.9. The Hall–Kier alpha value is -1.13. The van der Waals surface area contributed by atoms with Crippen LogP contribution in [0.3, 0.4) is 0 Å². The lowest BCUT2D eigenvalue weighted by molar-refractivity contribution is -0.121. The lowest BCUT2D eigenvalue weighted by atomic mass is 9.83. The fraction of sp³-hybridized carbons (Fsp3) is 0.353. The molecule has 1 aromatic carbocycles. The van der Waals surface area contributed by atoms with E-state index >= 15 is 0 Å². The van der Waals surface area contributed by atoms with Crippen LogP contribution in [-0.2, 0) is 10.2 Å². The first kappa shape index (κ1) is 14.8. The predicted octanol–water partition coefficient (Wildman–Crippen LogP) is 5.27. The van der Waals surface area contributed by atoms with Gasteiger partial charge >= 0.3 is 0 Å². The van der Waals surface area contributed by atoms with Crippen LogP contribution in [0.1, 0.15) is 36.1 Å². The summed E-state index contributed by atoms with van der Waals surface area (Å²) in [6.07, 6.45) is 4.17. The van der Waals surface area contributed by atoms with Crippen LogP contribution < -0.4 is 5.32 Å². The Bertz CT molecular complexity index is 645. The first-order chi connectivity index (χ1) is 10.1. The minimum absolute atomic E-state index is 0.143. The highest BCUT2D eigenvalue weighted by molar-refractivity contribution is 9.10. The van der Waals surface area contributed by atoms with Crippen molar-refractivity contribution in [3.8, 4) is 0 Å². The number of hydrogen-bond donors (Lipinski definition) is 1. The second kappa shape index (κ2) is 5.93.